The van der Waals surface area contributed by atoms with E-state index in [-0.39, 0.29) is 6.42 Å². The molecule has 0 atom stereocenters. The molecule has 1 N–H and O–H groups in total. The van der Waals surface area contributed by atoms with Gasteiger partial charge in [0.15, 0.2) is 0 Å². The third-order valence-electron chi connectivity index (χ3n) is 2.80. The summed E-state index contributed by atoms with van der Waals surface area (Å²) in [7, 11) is 1.93. The van der Waals surface area contributed by atoms with Gasteiger partial charge in [0.1, 0.15) is 5.82 Å². The lowest BCUT2D eigenvalue weighted by molar-refractivity contribution is -0.136. The maximum atomic E-state index is 10.7. The van der Waals surface area contributed by atoms with Crippen LogP contribution in [0.2, 0.25) is 0 Å². The SMILES string of the molecule is Cc1c(CC(=O)O)nc(Cc2cccs2)n1C. The Morgan fingerprint density at radius 3 is 2.94 bits per heavy atom. The molecule has 0 saturated carbocycles. The molecule has 0 spiro atoms. The van der Waals surface area contributed by atoms with Crippen molar-refractivity contribution in [3.05, 3.63) is 39.6 Å². The molecule has 17 heavy (non-hydrogen) atoms. The van der Waals surface area contributed by atoms with Crippen LogP contribution < -0.4 is 0 Å². The summed E-state index contributed by atoms with van der Waals surface area (Å²) in [6.45, 7) is 1.91. The van der Waals surface area contributed by atoms with Gasteiger partial charge in [0.05, 0.1) is 12.1 Å². The van der Waals surface area contributed by atoms with Crippen molar-refractivity contribution in [1.82, 2.24) is 9.55 Å². The zero-order chi connectivity index (χ0) is 12.4. The van der Waals surface area contributed by atoms with Crippen molar-refractivity contribution < 1.29 is 9.90 Å². The van der Waals surface area contributed by atoms with E-state index in [0.717, 1.165) is 17.9 Å². The van der Waals surface area contributed by atoms with Crippen molar-refractivity contribution >= 4 is 17.3 Å². The highest BCUT2D eigenvalue weighted by atomic mass is 32.1. The second-order valence-corrected chi connectivity index (χ2v) is 4.98. The first-order valence-electron chi connectivity index (χ1n) is 5.33. The van der Waals surface area contributed by atoms with Crippen LogP contribution in [0.1, 0.15) is 22.1 Å². The highest BCUT2D eigenvalue weighted by Crippen LogP contribution is 2.17. The summed E-state index contributed by atoms with van der Waals surface area (Å²) in [5.74, 6) is 0.0788. The summed E-state index contributed by atoms with van der Waals surface area (Å²) < 4.78 is 1.97. The molecule has 0 bridgehead atoms. The Hall–Kier alpha value is -1.62. The Kier molecular flexibility index (Phi) is 3.28. The van der Waals surface area contributed by atoms with Gasteiger partial charge in [-0.05, 0) is 18.4 Å². The largest absolute Gasteiger partial charge is 0.481 e. The van der Waals surface area contributed by atoms with Gasteiger partial charge in [0, 0.05) is 24.0 Å². The summed E-state index contributed by atoms with van der Waals surface area (Å²) in [6.07, 6.45) is 0.749. The second kappa shape index (κ2) is 4.71. The van der Waals surface area contributed by atoms with E-state index < -0.39 is 5.97 Å². The van der Waals surface area contributed by atoms with Crippen molar-refractivity contribution in [1.29, 1.82) is 0 Å². The fraction of sp³-hybridized carbons (Fsp3) is 0.333. The van der Waals surface area contributed by atoms with Gasteiger partial charge in [-0.25, -0.2) is 4.98 Å². The van der Waals surface area contributed by atoms with Gasteiger partial charge in [0.25, 0.3) is 0 Å². The summed E-state index contributed by atoms with van der Waals surface area (Å²) >= 11 is 1.69. The summed E-state index contributed by atoms with van der Waals surface area (Å²) in [5, 5.41) is 10.8. The summed E-state index contributed by atoms with van der Waals surface area (Å²) in [4.78, 5) is 16.4. The molecule has 0 fully saturated rings. The molecular formula is C12H14N2O2S. The minimum absolute atomic E-state index is 0.00981. The lowest BCUT2D eigenvalue weighted by Crippen LogP contribution is -2.02. The quantitative estimate of drug-likeness (QED) is 0.903. The Morgan fingerprint density at radius 1 is 1.59 bits per heavy atom. The molecule has 0 aliphatic carbocycles. The average Bonchev–Trinajstić information content (AvgIpc) is 2.84. The zero-order valence-electron chi connectivity index (χ0n) is 9.80. The molecule has 5 heteroatoms. The van der Waals surface area contributed by atoms with E-state index in [9.17, 15) is 4.79 Å². The summed E-state index contributed by atoms with van der Waals surface area (Å²) in [5.41, 5.74) is 1.59. The Bertz CT molecular complexity index is 529. The lowest BCUT2D eigenvalue weighted by Gasteiger charge is -2.01. The fourth-order valence-corrected chi connectivity index (χ4v) is 2.44. The van der Waals surface area contributed by atoms with Gasteiger partial charge < -0.3 is 9.67 Å². The molecule has 2 aromatic rings. The van der Waals surface area contributed by atoms with Crippen LogP contribution in [0.25, 0.3) is 0 Å². The van der Waals surface area contributed by atoms with Crippen LogP contribution in [0.15, 0.2) is 17.5 Å². The topological polar surface area (TPSA) is 55.1 Å². The minimum Gasteiger partial charge on any atom is -0.481 e. The zero-order valence-corrected chi connectivity index (χ0v) is 10.6. The molecule has 4 nitrogen and oxygen atoms in total. The van der Waals surface area contributed by atoms with E-state index in [0.29, 0.717) is 5.69 Å². The van der Waals surface area contributed by atoms with Crippen molar-refractivity contribution in [2.24, 2.45) is 7.05 Å². The van der Waals surface area contributed by atoms with Gasteiger partial charge in [-0.3, -0.25) is 4.79 Å². The molecule has 90 valence electrons. The van der Waals surface area contributed by atoms with Crippen LogP contribution in [-0.2, 0) is 24.7 Å². The number of aliphatic carboxylic acids is 1. The van der Waals surface area contributed by atoms with Crippen LogP contribution in [-0.4, -0.2) is 20.6 Å². The number of hydrogen-bond acceptors (Lipinski definition) is 3. The molecule has 0 radical (unpaired) electrons. The predicted molar refractivity (Wildman–Crippen MR) is 66.4 cm³/mol. The fourth-order valence-electron chi connectivity index (χ4n) is 1.74. The number of aromatic nitrogens is 2. The van der Waals surface area contributed by atoms with Crippen LogP contribution in [0.5, 0.6) is 0 Å². The molecule has 0 amide bonds. The number of carboxylic acid groups (broad SMARTS) is 1. The van der Waals surface area contributed by atoms with Gasteiger partial charge in [-0.15, -0.1) is 11.3 Å². The number of thiophene rings is 1. The monoisotopic (exact) mass is 250 g/mol. The first-order chi connectivity index (χ1) is 8.08. The third-order valence-corrected chi connectivity index (χ3v) is 3.68. The third kappa shape index (κ3) is 2.55. The van der Waals surface area contributed by atoms with E-state index in [1.165, 1.54) is 4.88 Å². The smallest absolute Gasteiger partial charge is 0.309 e. The van der Waals surface area contributed by atoms with E-state index >= 15 is 0 Å². The minimum atomic E-state index is -0.839. The Labute approximate surface area is 104 Å². The van der Waals surface area contributed by atoms with Gasteiger partial charge in [-0.2, -0.15) is 0 Å². The highest BCUT2D eigenvalue weighted by Gasteiger charge is 2.14. The molecule has 2 heterocycles. The van der Waals surface area contributed by atoms with E-state index in [2.05, 4.69) is 11.1 Å². The number of hydrogen-bond donors (Lipinski definition) is 1. The maximum Gasteiger partial charge on any atom is 0.309 e. The van der Waals surface area contributed by atoms with Gasteiger partial charge >= 0.3 is 5.97 Å². The van der Waals surface area contributed by atoms with Crippen LogP contribution in [0.3, 0.4) is 0 Å². The Morgan fingerprint density at radius 2 is 2.35 bits per heavy atom. The second-order valence-electron chi connectivity index (χ2n) is 3.95. The number of nitrogens with zero attached hydrogens (tertiary/aromatic N) is 2. The molecule has 0 saturated heterocycles. The van der Waals surface area contributed by atoms with Crippen LogP contribution in [0, 0.1) is 6.92 Å². The molecular weight excluding hydrogens is 236 g/mol. The highest BCUT2D eigenvalue weighted by molar-refractivity contribution is 7.09. The van der Waals surface area contributed by atoms with Gasteiger partial charge in [-0.1, -0.05) is 6.07 Å². The standard InChI is InChI=1S/C12H14N2O2S/c1-8-10(7-12(15)16)13-11(14(8)2)6-9-4-3-5-17-9/h3-5H,6-7H2,1-2H3,(H,15,16). The molecule has 0 aliphatic rings. The normalized spacial score (nSPS) is 10.7. The van der Waals surface area contributed by atoms with Crippen LogP contribution >= 0.6 is 11.3 Å². The van der Waals surface area contributed by atoms with E-state index in [1.54, 1.807) is 11.3 Å². The van der Waals surface area contributed by atoms with E-state index in [4.69, 9.17) is 5.11 Å². The maximum absolute atomic E-state index is 10.7. The first kappa shape index (κ1) is 11.9. The van der Waals surface area contributed by atoms with E-state index in [1.807, 2.05) is 30.0 Å². The average molecular weight is 250 g/mol. The number of rotatable bonds is 4. The first-order valence-corrected chi connectivity index (χ1v) is 6.21. The molecule has 2 aromatic heterocycles. The number of carboxylic acids is 1. The predicted octanol–water partition coefficient (Wildman–Crippen LogP) is 2.01. The number of carbonyl (C=O) groups is 1. The molecule has 0 aliphatic heterocycles. The van der Waals surface area contributed by atoms with Gasteiger partial charge in [0.2, 0.25) is 0 Å². The van der Waals surface area contributed by atoms with Crippen molar-refractivity contribution in [3.63, 3.8) is 0 Å². The Balaban J connectivity index is 2.26. The molecule has 2 rings (SSSR count). The molecule has 0 aromatic carbocycles. The number of imidazole rings is 1. The lowest BCUT2D eigenvalue weighted by atomic mass is 10.2. The molecule has 0 unspecified atom stereocenters. The van der Waals surface area contributed by atoms with Crippen molar-refractivity contribution in [2.45, 2.75) is 19.8 Å². The summed E-state index contributed by atoms with van der Waals surface area (Å²) in [6, 6.07) is 4.07. The van der Waals surface area contributed by atoms with Crippen molar-refractivity contribution in [2.75, 3.05) is 0 Å². The van der Waals surface area contributed by atoms with Crippen LogP contribution in [0.4, 0.5) is 0 Å². The van der Waals surface area contributed by atoms with Crippen molar-refractivity contribution in [3.8, 4) is 0 Å².